The number of nitrogens with one attached hydrogen (secondary N) is 1. The molecule has 0 heterocycles. The molecule has 0 fully saturated rings. The van der Waals surface area contributed by atoms with E-state index < -0.39 is 16.0 Å². The molecule has 6 heteroatoms. The van der Waals surface area contributed by atoms with Crippen LogP contribution in [0.3, 0.4) is 0 Å². The van der Waals surface area contributed by atoms with E-state index in [1.165, 1.54) is 0 Å². The molecule has 0 radical (unpaired) electrons. The first-order valence-corrected chi connectivity index (χ1v) is 11.4. The predicted octanol–water partition coefficient (Wildman–Crippen LogP) is 4.92. The van der Waals surface area contributed by atoms with E-state index in [-0.39, 0.29) is 10.5 Å². The van der Waals surface area contributed by atoms with Gasteiger partial charge in [0.25, 0.3) is 10.0 Å². The Morgan fingerprint density at radius 1 is 0.900 bits per heavy atom. The van der Waals surface area contributed by atoms with Gasteiger partial charge >= 0.3 is 5.97 Å². The topological polar surface area (TPSA) is 83.5 Å². The quantitative estimate of drug-likeness (QED) is 0.511. The van der Waals surface area contributed by atoms with Crippen molar-refractivity contribution in [2.45, 2.75) is 37.5 Å². The third kappa shape index (κ3) is 5.48. The van der Waals surface area contributed by atoms with E-state index in [0.29, 0.717) is 18.5 Å². The number of carboxylic acid groups (broad SMARTS) is 1. The van der Waals surface area contributed by atoms with Gasteiger partial charge in [-0.1, -0.05) is 49.4 Å². The zero-order chi connectivity index (χ0) is 21.6. The lowest BCUT2D eigenvalue weighted by Crippen LogP contribution is -2.14. The van der Waals surface area contributed by atoms with Crippen LogP contribution in [0.4, 0.5) is 5.69 Å². The molecule has 5 nitrogen and oxygen atoms in total. The normalized spacial score (nSPS) is 11.2. The van der Waals surface area contributed by atoms with Gasteiger partial charge in [0, 0.05) is 0 Å². The highest BCUT2D eigenvalue weighted by molar-refractivity contribution is 7.92. The third-order valence-electron chi connectivity index (χ3n) is 4.99. The van der Waals surface area contributed by atoms with Crippen molar-refractivity contribution in [3.63, 3.8) is 0 Å². The van der Waals surface area contributed by atoms with Crippen molar-refractivity contribution in [1.82, 2.24) is 0 Å². The average Bonchev–Trinajstić information content (AvgIpc) is 2.75. The summed E-state index contributed by atoms with van der Waals surface area (Å²) in [6, 6.07) is 21.2. The molecule has 3 rings (SSSR count). The first-order valence-electron chi connectivity index (χ1n) is 9.91. The van der Waals surface area contributed by atoms with E-state index in [4.69, 9.17) is 5.11 Å². The highest BCUT2D eigenvalue weighted by atomic mass is 32.2. The van der Waals surface area contributed by atoms with Crippen LogP contribution in [0.2, 0.25) is 0 Å². The minimum Gasteiger partial charge on any atom is -0.478 e. The van der Waals surface area contributed by atoms with Gasteiger partial charge in [0.2, 0.25) is 0 Å². The molecule has 2 N–H and O–H groups in total. The summed E-state index contributed by atoms with van der Waals surface area (Å²) in [6.07, 6.45) is 3.00. The van der Waals surface area contributed by atoms with Gasteiger partial charge in [-0.3, -0.25) is 4.72 Å². The standard InChI is InChI=1S/C24H25NO4S/c1-2-18-13-15-22(16-14-18)30(28,29)25-23-12-4-3-9-20(23)10-5-7-19-8-6-11-21(17-19)24(26)27/h3-4,6,8-9,11-17,25H,2,5,7,10H2,1H3,(H,26,27). The molecule has 0 aliphatic carbocycles. The monoisotopic (exact) mass is 423 g/mol. The Morgan fingerprint density at radius 3 is 2.33 bits per heavy atom. The van der Waals surface area contributed by atoms with Crippen molar-refractivity contribution >= 4 is 21.7 Å². The Bertz CT molecular complexity index is 1120. The highest BCUT2D eigenvalue weighted by Crippen LogP contribution is 2.22. The van der Waals surface area contributed by atoms with Crippen LogP contribution in [0.5, 0.6) is 0 Å². The number of carbonyl (C=O) groups is 1. The zero-order valence-electron chi connectivity index (χ0n) is 16.8. The smallest absolute Gasteiger partial charge is 0.335 e. The summed E-state index contributed by atoms with van der Waals surface area (Å²) < 4.78 is 28.3. The van der Waals surface area contributed by atoms with Gasteiger partial charge in [-0.15, -0.1) is 0 Å². The average molecular weight is 424 g/mol. The number of hydrogen-bond acceptors (Lipinski definition) is 3. The van der Waals surface area contributed by atoms with Crippen molar-refractivity contribution in [3.8, 4) is 0 Å². The number of benzene rings is 3. The lowest BCUT2D eigenvalue weighted by molar-refractivity contribution is 0.0696. The van der Waals surface area contributed by atoms with Gasteiger partial charge in [0.1, 0.15) is 0 Å². The van der Waals surface area contributed by atoms with E-state index in [1.807, 2.05) is 37.3 Å². The molecule has 30 heavy (non-hydrogen) atoms. The zero-order valence-corrected chi connectivity index (χ0v) is 17.7. The number of hydrogen-bond donors (Lipinski definition) is 2. The van der Waals surface area contributed by atoms with Crippen LogP contribution in [-0.2, 0) is 29.3 Å². The number of anilines is 1. The number of para-hydroxylation sites is 1. The SMILES string of the molecule is CCc1ccc(S(=O)(=O)Nc2ccccc2CCCc2cccc(C(=O)O)c2)cc1. The number of aromatic carboxylic acids is 1. The van der Waals surface area contributed by atoms with E-state index in [9.17, 15) is 13.2 Å². The van der Waals surface area contributed by atoms with E-state index in [2.05, 4.69) is 4.72 Å². The highest BCUT2D eigenvalue weighted by Gasteiger charge is 2.15. The molecule has 156 valence electrons. The summed E-state index contributed by atoms with van der Waals surface area (Å²) in [5.74, 6) is -0.941. The maximum absolute atomic E-state index is 12.8. The maximum atomic E-state index is 12.8. The largest absolute Gasteiger partial charge is 0.478 e. The van der Waals surface area contributed by atoms with Crippen molar-refractivity contribution in [1.29, 1.82) is 0 Å². The van der Waals surface area contributed by atoms with Gasteiger partial charge in [-0.05, 0) is 72.7 Å². The summed E-state index contributed by atoms with van der Waals surface area (Å²) in [5, 5.41) is 9.12. The Labute approximate surface area is 177 Å². The molecule has 0 amide bonds. The molecular formula is C24H25NO4S. The summed E-state index contributed by atoms with van der Waals surface area (Å²) in [5.41, 5.74) is 3.78. The second-order valence-electron chi connectivity index (χ2n) is 7.12. The van der Waals surface area contributed by atoms with Crippen molar-refractivity contribution < 1.29 is 18.3 Å². The van der Waals surface area contributed by atoms with E-state index >= 15 is 0 Å². The third-order valence-corrected chi connectivity index (χ3v) is 6.37. The van der Waals surface area contributed by atoms with Gasteiger partial charge in [-0.2, -0.15) is 0 Å². The molecule has 0 bridgehead atoms. The summed E-state index contributed by atoms with van der Waals surface area (Å²) in [6.45, 7) is 2.02. The predicted molar refractivity (Wildman–Crippen MR) is 118 cm³/mol. The Balaban J connectivity index is 1.69. The molecule has 0 aliphatic heterocycles. The van der Waals surface area contributed by atoms with Gasteiger partial charge < -0.3 is 5.11 Å². The van der Waals surface area contributed by atoms with Crippen LogP contribution in [0.15, 0.2) is 77.7 Å². The molecule has 0 aliphatic rings. The van der Waals surface area contributed by atoms with E-state index in [1.54, 1.807) is 42.5 Å². The lowest BCUT2D eigenvalue weighted by Gasteiger charge is -2.13. The Kier molecular flexibility index (Phi) is 6.90. The number of sulfonamides is 1. The fourth-order valence-corrected chi connectivity index (χ4v) is 4.39. The molecule has 0 spiro atoms. The first-order chi connectivity index (χ1) is 14.4. The minimum absolute atomic E-state index is 0.236. The molecule has 0 unspecified atom stereocenters. The number of rotatable bonds is 9. The molecular weight excluding hydrogens is 398 g/mol. The van der Waals surface area contributed by atoms with Crippen LogP contribution in [0.1, 0.15) is 40.4 Å². The number of carboxylic acids is 1. The second-order valence-corrected chi connectivity index (χ2v) is 8.80. The van der Waals surface area contributed by atoms with Crippen molar-refractivity contribution in [2.24, 2.45) is 0 Å². The van der Waals surface area contributed by atoms with Crippen molar-refractivity contribution in [2.75, 3.05) is 4.72 Å². The van der Waals surface area contributed by atoms with E-state index in [0.717, 1.165) is 29.5 Å². The van der Waals surface area contributed by atoms with Crippen molar-refractivity contribution in [3.05, 3.63) is 95.1 Å². The molecule has 0 saturated carbocycles. The molecule has 3 aromatic rings. The maximum Gasteiger partial charge on any atom is 0.335 e. The first kappa shape index (κ1) is 21.6. The molecule has 0 atom stereocenters. The summed E-state index contributed by atoms with van der Waals surface area (Å²) >= 11 is 0. The molecule has 0 aromatic heterocycles. The van der Waals surface area contributed by atoms with Crippen LogP contribution < -0.4 is 4.72 Å². The second kappa shape index (κ2) is 9.59. The summed E-state index contributed by atoms with van der Waals surface area (Å²) in [7, 11) is -3.67. The van der Waals surface area contributed by atoms with Gasteiger partial charge in [-0.25, -0.2) is 13.2 Å². The number of aryl methyl sites for hydroxylation is 3. The minimum atomic E-state index is -3.67. The van der Waals surface area contributed by atoms with Crippen LogP contribution in [0, 0.1) is 0 Å². The van der Waals surface area contributed by atoms with Crippen LogP contribution in [-0.4, -0.2) is 19.5 Å². The summed E-state index contributed by atoms with van der Waals surface area (Å²) in [4.78, 5) is 11.3. The Hall–Kier alpha value is -3.12. The van der Waals surface area contributed by atoms with Gasteiger partial charge in [0.05, 0.1) is 16.1 Å². The van der Waals surface area contributed by atoms with Crippen LogP contribution >= 0.6 is 0 Å². The fraction of sp³-hybridized carbons (Fsp3) is 0.208. The Morgan fingerprint density at radius 2 is 1.63 bits per heavy atom. The van der Waals surface area contributed by atoms with Crippen LogP contribution in [0.25, 0.3) is 0 Å². The molecule has 3 aromatic carbocycles. The van der Waals surface area contributed by atoms with Gasteiger partial charge in [0.15, 0.2) is 0 Å². The lowest BCUT2D eigenvalue weighted by atomic mass is 10.0. The molecule has 0 saturated heterocycles. The fourth-order valence-electron chi connectivity index (χ4n) is 3.29.